The van der Waals surface area contributed by atoms with Crippen molar-refractivity contribution in [1.29, 1.82) is 0 Å². The molecule has 1 N–H and O–H groups in total. The number of aliphatic carboxylic acids is 1. The van der Waals surface area contributed by atoms with Gasteiger partial charge in [-0.05, 0) is 99.2 Å². The van der Waals surface area contributed by atoms with Crippen molar-refractivity contribution < 1.29 is 19.5 Å². The molecule has 4 saturated carbocycles. The highest BCUT2D eigenvalue weighted by Gasteiger charge is 2.66. The fourth-order valence-electron chi connectivity index (χ4n) is 9.25. The van der Waals surface area contributed by atoms with Gasteiger partial charge in [-0.15, -0.1) is 0 Å². The standard InChI is InChI=1S/C26H40O4/c1-16-15-24(3)18(14-22(16)28)7-8-19-20(24)9-12-25(4)21(19)10-13-26(25,17(2)27)11-5-6-23(29)30/h16,18-21H,5-15H2,1-4H3,(H,29,30)/t16?,18-,19-,20+,21+,24+,25+,26-/m1/s1. The lowest BCUT2D eigenvalue weighted by atomic mass is 9.42. The molecule has 0 bridgehead atoms. The first-order chi connectivity index (χ1) is 14.0. The molecule has 4 aliphatic carbocycles. The van der Waals surface area contributed by atoms with Crippen LogP contribution in [0.1, 0.15) is 98.3 Å². The number of carboxylic acids is 1. The highest BCUT2D eigenvalue weighted by Crippen LogP contribution is 2.71. The van der Waals surface area contributed by atoms with Crippen molar-refractivity contribution in [2.75, 3.05) is 0 Å². The van der Waals surface area contributed by atoms with Gasteiger partial charge in [0.1, 0.15) is 11.6 Å². The molecule has 0 heterocycles. The number of carbonyl (C=O) groups excluding carboxylic acids is 2. The van der Waals surface area contributed by atoms with E-state index in [4.69, 9.17) is 5.11 Å². The van der Waals surface area contributed by atoms with Crippen LogP contribution >= 0.6 is 0 Å². The Balaban J connectivity index is 1.61. The van der Waals surface area contributed by atoms with Crippen LogP contribution in [0.5, 0.6) is 0 Å². The maximum Gasteiger partial charge on any atom is 0.303 e. The largest absolute Gasteiger partial charge is 0.481 e. The van der Waals surface area contributed by atoms with Crippen LogP contribution in [0.25, 0.3) is 0 Å². The average Bonchev–Trinajstić information content (AvgIpc) is 2.96. The quantitative estimate of drug-likeness (QED) is 0.626. The van der Waals surface area contributed by atoms with E-state index in [1.54, 1.807) is 6.92 Å². The molecule has 0 aromatic carbocycles. The molecule has 4 heteroatoms. The summed E-state index contributed by atoms with van der Waals surface area (Å²) in [7, 11) is 0. The number of fused-ring (bicyclic) bond motifs is 5. The van der Waals surface area contributed by atoms with Crippen molar-refractivity contribution in [2.24, 2.45) is 45.8 Å². The van der Waals surface area contributed by atoms with E-state index < -0.39 is 5.97 Å². The lowest BCUT2D eigenvalue weighted by Gasteiger charge is -2.62. The molecular weight excluding hydrogens is 376 g/mol. The summed E-state index contributed by atoms with van der Waals surface area (Å²) in [6, 6.07) is 0. The van der Waals surface area contributed by atoms with Crippen LogP contribution < -0.4 is 0 Å². The first-order valence-electron chi connectivity index (χ1n) is 12.3. The second kappa shape index (κ2) is 7.45. The van der Waals surface area contributed by atoms with Crippen LogP contribution in [0, 0.1) is 45.8 Å². The van der Waals surface area contributed by atoms with Crippen LogP contribution in [0.4, 0.5) is 0 Å². The average molecular weight is 417 g/mol. The Morgan fingerprint density at radius 1 is 1.07 bits per heavy atom. The predicted octanol–water partition coefficient (Wildman–Crippen LogP) is 5.67. The smallest absolute Gasteiger partial charge is 0.303 e. The van der Waals surface area contributed by atoms with Gasteiger partial charge in [-0.2, -0.15) is 0 Å². The molecule has 0 aromatic heterocycles. The zero-order valence-corrected chi connectivity index (χ0v) is 19.3. The summed E-state index contributed by atoms with van der Waals surface area (Å²) < 4.78 is 0. The molecule has 0 spiro atoms. The molecule has 30 heavy (non-hydrogen) atoms. The van der Waals surface area contributed by atoms with E-state index in [-0.39, 0.29) is 34.4 Å². The monoisotopic (exact) mass is 416 g/mol. The van der Waals surface area contributed by atoms with Crippen molar-refractivity contribution in [3.05, 3.63) is 0 Å². The van der Waals surface area contributed by atoms with Crippen molar-refractivity contribution in [1.82, 2.24) is 0 Å². The van der Waals surface area contributed by atoms with Gasteiger partial charge in [0.2, 0.25) is 0 Å². The molecular formula is C26H40O4. The Kier molecular flexibility index (Phi) is 5.47. The zero-order chi connectivity index (χ0) is 21.9. The van der Waals surface area contributed by atoms with Gasteiger partial charge in [0.25, 0.3) is 0 Å². The van der Waals surface area contributed by atoms with E-state index in [0.29, 0.717) is 35.9 Å². The molecule has 4 rings (SSSR count). The van der Waals surface area contributed by atoms with Crippen molar-refractivity contribution in [3.8, 4) is 0 Å². The Morgan fingerprint density at radius 2 is 1.77 bits per heavy atom. The molecule has 0 radical (unpaired) electrons. The fourth-order valence-corrected chi connectivity index (χ4v) is 9.25. The van der Waals surface area contributed by atoms with Crippen LogP contribution in [-0.4, -0.2) is 22.6 Å². The van der Waals surface area contributed by atoms with Gasteiger partial charge in [-0.1, -0.05) is 20.8 Å². The van der Waals surface area contributed by atoms with Crippen LogP contribution in [0.2, 0.25) is 0 Å². The highest BCUT2D eigenvalue weighted by molar-refractivity contribution is 5.84. The molecule has 0 amide bonds. The first kappa shape index (κ1) is 22.0. The van der Waals surface area contributed by atoms with Gasteiger partial charge in [-0.3, -0.25) is 14.4 Å². The van der Waals surface area contributed by atoms with Gasteiger partial charge < -0.3 is 5.11 Å². The number of carbonyl (C=O) groups is 3. The number of Topliss-reactive ketones (excluding diaryl/α,β-unsaturated/α-hetero) is 2. The maximum atomic E-state index is 13.0. The fraction of sp³-hybridized carbons (Fsp3) is 0.885. The van der Waals surface area contributed by atoms with Crippen molar-refractivity contribution >= 4 is 17.5 Å². The summed E-state index contributed by atoms with van der Waals surface area (Å²) in [5.41, 5.74) is -0.0776. The Bertz CT molecular complexity index is 743. The van der Waals surface area contributed by atoms with Crippen molar-refractivity contribution in [3.63, 3.8) is 0 Å². The Hall–Kier alpha value is -1.19. The number of hydrogen-bond acceptors (Lipinski definition) is 3. The Morgan fingerprint density at radius 3 is 2.43 bits per heavy atom. The van der Waals surface area contributed by atoms with E-state index in [9.17, 15) is 14.4 Å². The third kappa shape index (κ3) is 3.03. The lowest BCUT2D eigenvalue weighted by molar-refractivity contribution is -0.158. The lowest BCUT2D eigenvalue weighted by Crippen LogP contribution is -2.56. The molecule has 4 fully saturated rings. The summed E-state index contributed by atoms with van der Waals surface area (Å²) in [6.45, 7) is 8.72. The van der Waals surface area contributed by atoms with Gasteiger partial charge in [-0.25, -0.2) is 0 Å². The van der Waals surface area contributed by atoms with E-state index in [2.05, 4.69) is 20.8 Å². The molecule has 0 saturated heterocycles. The summed E-state index contributed by atoms with van der Waals surface area (Å²) in [6.07, 6.45) is 9.96. The van der Waals surface area contributed by atoms with Crippen molar-refractivity contribution in [2.45, 2.75) is 98.3 Å². The second-order valence-corrected chi connectivity index (χ2v) is 11.8. The Labute approximate surface area is 181 Å². The molecule has 4 aliphatic rings. The minimum atomic E-state index is -0.760. The third-order valence-electron chi connectivity index (χ3n) is 10.8. The summed E-state index contributed by atoms with van der Waals surface area (Å²) >= 11 is 0. The number of carboxylic acid groups (broad SMARTS) is 1. The molecule has 0 aromatic rings. The minimum absolute atomic E-state index is 0.00218. The molecule has 4 nitrogen and oxygen atoms in total. The minimum Gasteiger partial charge on any atom is -0.481 e. The first-order valence-corrected chi connectivity index (χ1v) is 12.3. The molecule has 168 valence electrons. The topological polar surface area (TPSA) is 71.4 Å². The van der Waals surface area contributed by atoms with E-state index in [0.717, 1.165) is 44.9 Å². The molecule has 8 atom stereocenters. The van der Waals surface area contributed by atoms with E-state index in [1.807, 2.05) is 0 Å². The van der Waals surface area contributed by atoms with Gasteiger partial charge in [0.05, 0.1) is 0 Å². The summed E-state index contributed by atoms with van der Waals surface area (Å²) in [4.78, 5) is 36.6. The van der Waals surface area contributed by atoms with Gasteiger partial charge in [0.15, 0.2) is 0 Å². The van der Waals surface area contributed by atoms with E-state index >= 15 is 0 Å². The van der Waals surface area contributed by atoms with Crippen LogP contribution in [0.3, 0.4) is 0 Å². The summed E-state index contributed by atoms with van der Waals surface area (Å²) in [5, 5.41) is 9.13. The SMILES string of the molecule is CC(=O)[C@@]1(CCCC(=O)O)CC[C@H]2[C@@H]3CC[C@@H]4CC(=O)C(C)C[C@]4(C)[C@H]3CC[C@@]21C. The number of rotatable bonds is 5. The van der Waals surface area contributed by atoms with E-state index in [1.165, 1.54) is 12.8 Å². The normalized spacial score (nSPS) is 47.9. The highest BCUT2D eigenvalue weighted by atomic mass is 16.4. The number of hydrogen-bond donors (Lipinski definition) is 1. The number of ketones is 2. The summed E-state index contributed by atoms with van der Waals surface area (Å²) in [5.74, 6) is 2.62. The van der Waals surface area contributed by atoms with Crippen LogP contribution in [0.15, 0.2) is 0 Å². The maximum absolute atomic E-state index is 13.0. The second-order valence-electron chi connectivity index (χ2n) is 11.8. The molecule has 1 unspecified atom stereocenters. The zero-order valence-electron chi connectivity index (χ0n) is 19.3. The van der Waals surface area contributed by atoms with Crippen LogP contribution in [-0.2, 0) is 14.4 Å². The third-order valence-corrected chi connectivity index (χ3v) is 10.8. The van der Waals surface area contributed by atoms with Gasteiger partial charge in [0, 0.05) is 24.2 Å². The van der Waals surface area contributed by atoms with Gasteiger partial charge >= 0.3 is 5.97 Å². The molecule has 0 aliphatic heterocycles. The predicted molar refractivity (Wildman–Crippen MR) is 116 cm³/mol.